The van der Waals surface area contributed by atoms with E-state index < -0.39 is 0 Å². The molecular formula is C18H16N4O2. The fourth-order valence-corrected chi connectivity index (χ4v) is 2.41. The molecule has 0 atom stereocenters. The van der Waals surface area contributed by atoms with Gasteiger partial charge in [0, 0.05) is 18.4 Å². The highest BCUT2D eigenvalue weighted by Gasteiger charge is 2.13. The van der Waals surface area contributed by atoms with E-state index in [4.69, 9.17) is 9.47 Å². The average Bonchev–Trinajstić information content (AvgIpc) is 3.09. The molecule has 0 radical (unpaired) electrons. The summed E-state index contributed by atoms with van der Waals surface area (Å²) < 4.78 is 10.7. The summed E-state index contributed by atoms with van der Waals surface area (Å²) >= 11 is 0. The van der Waals surface area contributed by atoms with Crippen LogP contribution in [-0.4, -0.2) is 16.8 Å². The largest absolute Gasteiger partial charge is 0.454 e. The Hall–Kier alpha value is -3.28. The van der Waals surface area contributed by atoms with Crippen molar-refractivity contribution in [1.82, 2.24) is 9.97 Å². The lowest BCUT2D eigenvalue weighted by molar-refractivity contribution is 0.174. The molecule has 0 fully saturated rings. The molecule has 0 amide bonds. The van der Waals surface area contributed by atoms with Gasteiger partial charge < -0.3 is 20.1 Å². The third-order valence-corrected chi connectivity index (χ3v) is 3.59. The van der Waals surface area contributed by atoms with Crippen molar-refractivity contribution in [1.29, 1.82) is 0 Å². The molecule has 0 saturated carbocycles. The summed E-state index contributed by atoms with van der Waals surface area (Å²) in [4.78, 5) is 8.72. The van der Waals surface area contributed by atoms with Gasteiger partial charge in [-0.1, -0.05) is 24.3 Å². The van der Waals surface area contributed by atoms with Crippen molar-refractivity contribution < 1.29 is 9.47 Å². The summed E-state index contributed by atoms with van der Waals surface area (Å²) in [5.41, 5.74) is 2.06. The lowest BCUT2D eigenvalue weighted by atomic mass is 10.2. The molecule has 0 unspecified atom stereocenters. The van der Waals surface area contributed by atoms with E-state index in [1.165, 1.54) is 0 Å². The molecule has 4 rings (SSSR count). The predicted molar refractivity (Wildman–Crippen MR) is 91.6 cm³/mol. The molecule has 0 spiro atoms. The Morgan fingerprint density at radius 1 is 0.958 bits per heavy atom. The fourth-order valence-electron chi connectivity index (χ4n) is 2.41. The first kappa shape index (κ1) is 14.3. The maximum Gasteiger partial charge on any atom is 0.231 e. The topological polar surface area (TPSA) is 68.3 Å². The second-order valence-electron chi connectivity index (χ2n) is 5.30. The molecule has 6 nitrogen and oxygen atoms in total. The van der Waals surface area contributed by atoms with E-state index in [1.807, 2.05) is 54.6 Å². The van der Waals surface area contributed by atoms with Crippen molar-refractivity contribution in [2.24, 2.45) is 0 Å². The second kappa shape index (κ2) is 6.45. The Morgan fingerprint density at radius 2 is 1.83 bits per heavy atom. The number of nitrogens with one attached hydrogen (secondary N) is 2. The molecular weight excluding hydrogens is 304 g/mol. The summed E-state index contributed by atoms with van der Waals surface area (Å²) in [6.07, 6.45) is 1.72. The smallest absolute Gasteiger partial charge is 0.231 e. The second-order valence-corrected chi connectivity index (χ2v) is 5.30. The van der Waals surface area contributed by atoms with Gasteiger partial charge in [-0.25, -0.2) is 4.98 Å². The minimum absolute atomic E-state index is 0.280. The maximum atomic E-state index is 5.39. The van der Waals surface area contributed by atoms with Crippen LogP contribution in [0.2, 0.25) is 0 Å². The Bertz CT molecular complexity index is 839. The number of rotatable bonds is 5. The Morgan fingerprint density at radius 3 is 2.75 bits per heavy atom. The quantitative estimate of drug-likeness (QED) is 0.749. The molecule has 120 valence electrons. The van der Waals surface area contributed by atoms with Gasteiger partial charge >= 0.3 is 0 Å². The zero-order valence-corrected chi connectivity index (χ0v) is 12.9. The minimum atomic E-state index is 0.280. The lowest BCUT2D eigenvalue weighted by Crippen LogP contribution is -2.05. The van der Waals surface area contributed by atoms with Crippen LogP contribution in [0, 0.1) is 0 Å². The third kappa shape index (κ3) is 3.22. The third-order valence-electron chi connectivity index (χ3n) is 3.59. The predicted octanol–water partition coefficient (Wildman–Crippen LogP) is 3.56. The van der Waals surface area contributed by atoms with Gasteiger partial charge in [-0.3, -0.25) is 0 Å². The van der Waals surface area contributed by atoms with Crippen LogP contribution in [0.5, 0.6) is 11.5 Å². The summed E-state index contributed by atoms with van der Waals surface area (Å²) in [7, 11) is 0. The summed E-state index contributed by atoms with van der Waals surface area (Å²) in [6.45, 7) is 0.883. The van der Waals surface area contributed by atoms with Gasteiger partial charge in [0.15, 0.2) is 11.5 Å². The number of ether oxygens (including phenoxy) is 2. The van der Waals surface area contributed by atoms with Crippen LogP contribution in [0.4, 0.5) is 17.5 Å². The molecule has 3 aromatic rings. The van der Waals surface area contributed by atoms with E-state index >= 15 is 0 Å². The SMILES string of the molecule is c1ccc(Nc2ccnc(NCc3ccc4c(c3)OCO4)n2)cc1. The minimum Gasteiger partial charge on any atom is -0.454 e. The number of nitrogens with zero attached hydrogens (tertiary/aromatic N) is 2. The first-order valence-corrected chi connectivity index (χ1v) is 7.64. The highest BCUT2D eigenvalue weighted by molar-refractivity contribution is 5.56. The van der Waals surface area contributed by atoms with Crippen LogP contribution in [0.15, 0.2) is 60.8 Å². The number of benzene rings is 2. The van der Waals surface area contributed by atoms with Gasteiger partial charge in [-0.05, 0) is 35.9 Å². The van der Waals surface area contributed by atoms with Gasteiger partial charge in [-0.15, -0.1) is 0 Å². The van der Waals surface area contributed by atoms with Crippen molar-refractivity contribution in [3.05, 3.63) is 66.4 Å². The van der Waals surface area contributed by atoms with Crippen LogP contribution in [-0.2, 0) is 6.54 Å². The molecule has 0 aliphatic carbocycles. The number of fused-ring (bicyclic) bond motifs is 1. The van der Waals surface area contributed by atoms with Crippen LogP contribution < -0.4 is 20.1 Å². The average molecular weight is 320 g/mol. The first-order chi connectivity index (χ1) is 11.9. The summed E-state index contributed by atoms with van der Waals surface area (Å²) in [5, 5.41) is 6.47. The molecule has 1 aliphatic heterocycles. The van der Waals surface area contributed by atoms with Crippen LogP contribution in [0.3, 0.4) is 0 Å². The zero-order valence-electron chi connectivity index (χ0n) is 12.9. The van der Waals surface area contributed by atoms with Crippen LogP contribution >= 0.6 is 0 Å². The van der Waals surface area contributed by atoms with Crippen molar-refractivity contribution in [2.45, 2.75) is 6.54 Å². The van der Waals surface area contributed by atoms with Crippen molar-refractivity contribution in [2.75, 3.05) is 17.4 Å². The normalized spacial score (nSPS) is 12.0. The number of hydrogen-bond donors (Lipinski definition) is 2. The molecule has 2 N–H and O–H groups in total. The monoisotopic (exact) mass is 320 g/mol. The van der Waals surface area contributed by atoms with E-state index in [1.54, 1.807) is 6.20 Å². The highest BCUT2D eigenvalue weighted by atomic mass is 16.7. The van der Waals surface area contributed by atoms with E-state index in [0.29, 0.717) is 12.5 Å². The molecule has 2 heterocycles. The Balaban J connectivity index is 1.42. The summed E-state index contributed by atoms with van der Waals surface area (Å²) in [6, 6.07) is 17.6. The van der Waals surface area contributed by atoms with Crippen molar-refractivity contribution in [3.63, 3.8) is 0 Å². The molecule has 1 aromatic heterocycles. The van der Waals surface area contributed by atoms with Gasteiger partial charge in [0.2, 0.25) is 12.7 Å². The summed E-state index contributed by atoms with van der Waals surface area (Å²) in [5.74, 6) is 2.86. The molecule has 1 aliphatic rings. The molecule has 24 heavy (non-hydrogen) atoms. The molecule has 6 heteroatoms. The van der Waals surface area contributed by atoms with Gasteiger partial charge in [-0.2, -0.15) is 4.98 Å². The molecule has 0 bridgehead atoms. The molecule has 2 aromatic carbocycles. The number of para-hydroxylation sites is 1. The number of aromatic nitrogens is 2. The van der Waals surface area contributed by atoms with Crippen molar-refractivity contribution >= 4 is 17.5 Å². The lowest BCUT2D eigenvalue weighted by Gasteiger charge is -2.09. The van der Waals surface area contributed by atoms with Gasteiger partial charge in [0.25, 0.3) is 0 Å². The van der Waals surface area contributed by atoms with E-state index in [9.17, 15) is 0 Å². The van der Waals surface area contributed by atoms with Crippen LogP contribution in [0.1, 0.15) is 5.56 Å². The van der Waals surface area contributed by atoms with Gasteiger partial charge in [0.1, 0.15) is 5.82 Å². The van der Waals surface area contributed by atoms with Gasteiger partial charge in [0.05, 0.1) is 0 Å². The number of hydrogen-bond acceptors (Lipinski definition) is 6. The fraction of sp³-hybridized carbons (Fsp3) is 0.111. The Labute approximate surface area is 139 Å². The van der Waals surface area contributed by atoms with E-state index in [2.05, 4.69) is 20.6 Å². The van der Waals surface area contributed by atoms with E-state index in [0.717, 1.165) is 28.6 Å². The Kier molecular flexibility index (Phi) is 3.85. The maximum absolute atomic E-state index is 5.39. The van der Waals surface area contributed by atoms with Crippen molar-refractivity contribution in [3.8, 4) is 11.5 Å². The highest BCUT2D eigenvalue weighted by Crippen LogP contribution is 2.32. The zero-order chi connectivity index (χ0) is 16.2. The van der Waals surface area contributed by atoms with Crippen LogP contribution in [0.25, 0.3) is 0 Å². The standard InChI is InChI=1S/C18H16N4O2/c1-2-4-14(5-3-1)21-17-8-9-19-18(22-17)20-11-13-6-7-15-16(10-13)24-12-23-15/h1-10H,11-12H2,(H2,19,20,21,22). The molecule has 0 saturated heterocycles. The van der Waals surface area contributed by atoms with E-state index in [-0.39, 0.29) is 6.79 Å². The number of anilines is 3. The first-order valence-electron chi connectivity index (χ1n) is 7.64.